The van der Waals surface area contributed by atoms with E-state index in [0.717, 1.165) is 0 Å². The Morgan fingerprint density at radius 3 is 2.57 bits per heavy atom. The van der Waals surface area contributed by atoms with Gasteiger partial charge >= 0.3 is 0 Å². The summed E-state index contributed by atoms with van der Waals surface area (Å²) in [6, 6.07) is 0. The highest BCUT2D eigenvalue weighted by Gasteiger charge is 1.72. The zero-order valence-corrected chi connectivity index (χ0v) is 4.31. The van der Waals surface area contributed by atoms with Gasteiger partial charge in [0.15, 0.2) is 0 Å². The highest BCUT2D eigenvalue weighted by atomic mass is 14.7. The van der Waals surface area contributed by atoms with Crippen LogP contribution in [0.15, 0.2) is 17.8 Å². The smallest absolute Gasteiger partial charge is 0.0547 e. The zero-order valence-electron chi connectivity index (χ0n) is 4.31. The Hall–Kier alpha value is -0.920. The number of nitrogens with one attached hydrogen (secondary N) is 1. The maximum Gasteiger partial charge on any atom is 0.0547 e. The van der Waals surface area contributed by atoms with Gasteiger partial charge in [0.1, 0.15) is 0 Å². The number of nitrogens with zero attached hydrogens (tertiary/aromatic N) is 1. The summed E-state index contributed by atoms with van der Waals surface area (Å²) in [4.78, 5) is 3.68. The molecule has 0 aliphatic heterocycles. The molecule has 0 fully saturated rings. The second-order valence-corrected chi connectivity index (χ2v) is 1.10. The van der Waals surface area contributed by atoms with Gasteiger partial charge in [-0.1, -0.05) is 6.58 Å². The van der Waals surface area contributed by atoms with Crippen LogP contribution in [0.4, 0.5) is 0 Å². The monoisotopic (exact) mass is 96.1 g/mol. The fourth-order valence-corrected chi connectivity index (χ4v) is 0.181. The first kappa shape index (κ1) is 6.08. The second-order valence-electron chi connectivity index (χ2n) is 1.10. The molecule has 0 radical (unpaired) electrons. The molecule has 0 heterocycles. The third-order valence-electron chi connectivity index (χ3n) is 0.504. The van der Waals surface area contributed by atoms with Crippen LogP contribution < -0.4 is 0 Å². The standard InChI is InChI=1S/C5H8N2/c1-3-7-5(2)4-6/h3-4,6H,1H2,2H3/b6-4?,7-5+. The van der Waals surface area contributed by atoms with E-state index in [0.29, 0.717) is 5.71 Å². The molecule has 0 rings (SSSR count). The molecule has 0 aliphatic carbocycles. The fraction of sp³-hybridized carbons (Fsp3) is 0.200. The lowest BCUT2D eigenvalue weighted by molar-refractivity contribution is 1.54. The Morgan fingerprint density at radius 2 is 2.43 bits per heavy atom. The Labute approximate surface area is 43.1 Å². The van der Waals surface area contributed by atoms with Crippen molar-refractivity contribution in [2.45, 2.75) is 6.92 Å². The van der Waals surface area contributed by atoms with Crippen molar-refractivity contribution in [2.75, 3.05) is 0 Å². The fourth-order valence-electron chi connectivity index (χ4n) is 0.181. The van der Waals surface area contributed by atoms with E-state index in [1.54, 1.807) is 6.92 Å². The van der Waals surface area contributed by atoms with E-state index in [2.05, 4.69) is 11.6 Å². The summed E-state index contributed by atoms with van der Waals surface area (Å²) in [6.45, 7) is 5.10. The number of hydrogen-bond donors (Lipinski definition) is 1. The van der Waals surface area contributed by atoms with E-state index >= 15 is 0 Å². The van der Waals surface area contributed by atoms with Crippen LogP contribution in [-0.2, 0) is 0 Å². The van der Waals surface area contributed by atoms with Gasteiger partial charge in [0.2, 0.25) is 0 Å². The van der Waals surface area contributed by atoms with Crippen LogP contribution in [0, 0.1) is 5.41 Å². The Morgan fingerprint density at radius 1 is 1.86 bits per heavy atom. The summed E-state index contributed by atoms with van der Waals surface area (Å²) < 4.78 is 0. The highest BCUT2D eigenvalue weighted by Crippen LogP contribution is 1.70. The van der Waals surface area contributed by atoms with Gasteiger partial charge in [0, 0.05) is 12.4 Å². The van der Waals surface area contributed by atoms with Crippen molar-refractivity contribution in [3.8, 4) is 0 Å². The summed E-state index contributed by atoms with van der Waals surface area (Å²) in [6.07, 6.45) is 2.60. The van der Waals surface area contributed by atoms with Crippen molar-refractivity contribution in [3.05, 3.63) is 12.8 Å². The predicted octanol–water partition coefficient (Wildman–Crippen LogP) is 1.24. The first-order chi connectivity index (χ1) is 3.31. The van der Waals surface area contributed by atoms with Crippen LogP contribution >= 0.6 is 0 Å². The minimum Gasteiger partial charge on any atom is -0.307 e. The van der Waals surface area contributed by atoms with Gasteiger partial charge in [0.25, 0.3) is 0 Å². The van der Waals surface area contributed by atoms with Crippen LogP contribution in [-0.4, -0.2) is 11.9 Å². The maximum atomic E-state index is 6.61. The van der Waals surface area contributed by atoms with Gasteiger partial charge < -0.3 is 5.41 Å². The maximum absolute atomic E-state index is 6.61. The van der Waals surface area contributed by atoms with Crippen LogP contribution in [0.1, 0.15) is 6.92 Å². The Balaban J connectivity index is 3.72. The molecule has 0 aromatic rings. The minimum absolute atomic E-state index is 0.676. The molecule has 0 spiro atoms. The first-order valence-corrected chi connectivity index (χ1v) is 1.97. The van der Waals surface area contributed by atoms with E-state index in [1.165, 1.54) is 12.4 Å². The van der Waals surface area contributed by atoms with Crippen LogP contribution in [0.25, 0.3) is 0 Å². The van der Waals surface area contributed by atoms with Gasteiger partial charge in [0.05, 0.1) is 5.71 Å². The van der Waals surface area contributed by atoms with E-state index in [-0.39, 0.29) is 0 Å². The summed E-state index contributed by atoms with van der Waals surface area (Å²) >= 11 is 0. The van der Waals surface area contributed by atoms with Gasteiger partial charge in [-0.25, -0.2) is 0 Å². The molecule has 38 valence electrons. The zero-order chi connectivity index (χ0) is 5.70. The van der Waals surface area contributed by atoms with E-state index in [4.69, 9.17) is 5.41 Å². The largest absolute Gasteiger partial charge is 0.307 e. The summed E-state index contributed by atoms with van der Waals surface area (Å²) in [5.74, 6) is 0. The average molecular weight is 96.1 g/mol. The number of aliphatic imine (C=N–C) groups is 1. The molecular formula is C5H8N2. The van der Waals surface area contributed by atoms with Crippen molar-refractivity contribution < 1.29 is 0 Å². The summed E-state index contributed by atoms with van der Waals surface area (Å²) in [5, 5.41) is 6.61. The van der Waals surface area contributed by atoms with Crippen LogP contribution in [0.3, 0.4) is 0 Å². The van der Waals surface area contributed by atoms with Gasteiger partial charge in [-0.2, -0.15) is 0 Å². The molecule has 0 atom stereocenters. The van der Waals surface area contributed by atoms with Crippen molar-refractivity contribution in [1.82, 2.24) is 0 Å². The molecule has 0 saturated heterocycles. The van der Waals surface area contributed by atoms with Crippen molar-refractivity contribution in [1.29, 1.82) is 5.41 Å². The molecule has 0 amide bonds. The van der Waals surface area contributed by atoms with Crippen molar-refractivity contribution in [3.63, 3.8) is 0 Å². The van der Waals surface area contributed by atoms with Crippen molar-refractivity contribution >= 4 is 11.9 Å². The van der Waals surface area contributed by atoms with E-state index < -0.39 is 0 Å². The minimum atomic E-state index is 0.676. The lowest BCUT2D eigenvalue weighted by atomic mass is 10.5. The number of hydrogen-bond acceptors (Lipinski definition) is 2. The normalized spacial score (nSPS) is 10.7. The third kappa shape index (κ3) is 2.89. The third-order valence-corrected chi connectivity index (χ3v) is 0.504. The summed E-state index contributed by atoms with van der Waals surface area (Å²) in [5.41, 5.74) is 0.676. The lowest BCUT2D eigenvalue weighted by Gasteiger charge is -1.78. The van der Waals surface area contributed by atoms with Gasteiger partial charge in [-0.15, -0.1) is 0 Å². The SMILES string of the molecule is C=C/N=C(\C)C=N. The molecule has 0 bridgehead atoms. The van der Waals surface area contributed by atoms with Gasteiger partial charge in [-0.05, 0) is 6.92 Å². The molecule has 0 aromatic carbocycles. The van der Waals surface area contributed by atoms with Crippen molar-refractivity contribution in [2.24, 2.45) is 4.99 Å². The number of rotatable bonds is 2. The molecule has 7 heavy (non-hydrogen) atoms. The van der Waals surface area contributed by atoms with E-state index in [9.17, 15) is 0 Å². The Bertz CT molecular complexity index is 103. The molecule has 0 aromatic heterocycles. The molecule has 0 aliphatic rings. The molecule has 2 nitrogen and oxygen atoms in total. The predicted molar refractivity (Wildman–Crippen MR) is 32.1 cm³/mol. The Kier molecular flexibility index (Phi) is 2.85. The van der Waals surface area contributed by atoms with Crippen LogP contribution in [0.2, 0.25) is 0 Å². The van der Waals surface area contributed by atoms with E-state index in [1.807, 2.05) is 0 Å². The lowest BCUT2D eigenvalue weighted by Crippen LogP contribution is -1.86. The topological polar surface area (TPSA) is 36.2 Å². The van der Waals surface area contributed by atoms with Gasteiger partial charge in [-0.3, -0.25) is 4.99 Å². The molecule has 2 heteroatoms. The first-order valence-electron chi connectivity index (χ1n) is 1.97. The molecular weight excluding hydrogens is 88.1 g/mol. The molecule has 1 N–H and O–H groups in total. The summed E-state index contributed by atoms with van der Waals surface area (Å²) in [7, 11) is 0. The average Bonchev–Trinajstić information content (AvgIpc) is 1.68. The second kappa shape index (κ2) is 3.28. The van der Waals surface area contributed by atoms with Crippen LogP contribution in [0.5, 0.6) is 0 Å². The molecule has 0 unspecified atom stereocenters. The molecule has 0 saturated carbocycles. The quantitative estimate of drug-likeness (QED) is 0.502. The highest BCUT2D eigenvalue weighted by molar-refractivity contribution is 6.28.